The molecule has 79 heavy (non-hydrogen) atoms. The van der Waals surface area contributed by atoms with E-state index in [2.05, 4.69) is 350 Å². The van der Waals surface area contributed by atoms with Crippen molar-refractivity contribution in [2.45, 2.75) is 20.8 Å². The molecule has 0 unspecified atom stereocenters. The zero-order valence-corrected chi connectivity index (χ0v) is 44.7. The van der Waals surface area contributed by atoms with Gasteiger partial charge in [-0.3, -0.25) is 0 Å². The largest absolute Gasteiger partial charge is 0.311 e. The van der Waals surface area contributed by atoms with Crippen molar-refractivity contribution >= 4 is 68.2 Å². The zero-order valence-electron chi connectivity index (χ0n) is 44.7. The van der Waals surface area contributed by atoms with Crippen LogP contribution in [-0.2, 0) is 0 Å². The lowest BCUT2D eigenvalue weighted by Crippen LogP contribution is -2.10. The van der Waals surface area contributed by atoms with E-state index in [0.29, 0.717) is 0 Å². The Kier molecular flexibility index (Phi) is 14.2. The number of benzene rings is 12. The summed E-state index contributed by atoms with van der Waals surface area (Å²) in [5, 5.41) is 0. The maximum atomic E-state index is 2.36. The Hall–Kier alpha value is -10.2. The highest BCUT2D eigenvalue weighted by molar-refractivity contribution is 5.86. The summed E-state index contributed by atoms with van der Waals surface area (Å²) < 4.78 is 0. The Morgan fingerprint density at radius 2 is 0.342 bits per heavy atom. The Morgan fingerprint density at radius 3 is 0.582 bits per heavy atom. The lowest BCUT2D eigenvalue weighted by atomic mass is 10.0. The maximum Gasteiger partial charge on any atom is 0.0467 e. The molecule has 0 aromatic heterocycles. The van der Waals surface area contributed by atoms with Crippen molar-refractivity contribution in [3.63, 3.8) is 0 Å². The molecule has 0 amide bonds. The third kappa shape index (κ3) is 11.0. The van der Waals surface area contributed by atoms with Crippen LogP contribution in [0.5, 0.6) is 0 Å². The van der Waals surface area contributed by atoms with Gasteiger partial charge in [0.1, 0.15) is 0 Å². The van der Waals surface area contributed by atoms with Gasteiger partial charge in [-0.2, -0.15) is 0 Å². The molecule has 0 N–H and O–H groups in total. The van der Waals surface area contributed by atoms with Crippen LogP contribution in [0.25, 0.3) is 33.4 Å². The minimum atomic E-state index is 1.06. The van der Waals surface area contributed by atoms with E-state index in [1.54, 1.807) is 0 Å². The van der Waals surface area contributed by atoms with E-state index < -0.39 is 0 Å². The summed E-state index contributed by atoms with van der Waals surface area (Å²) in [6, 6.07) is 112. The average molecular weight is 1020 g/mol. The van der Waals surface area contributed by atoms with E-state index in [9.17, 15) is 0 Å². The van der Waals surface area contributed by atoms with E-state index in [0.717, 1.165) is 102 Å². The van der Waals surface area contributed by atoms with E-state index in [1.807, 2.05) is 0 Å². The van der Waals surface area contributed by atoms with Gasteiger partial charge in [-0.05, 0) is 200 Å². The smallest absolute Gasteiger partial charge is 0.0467 e. The standard InChI is InChI=1S/C75H60N4/c1-55-28-40-67(41-29-55)77(64-19-7-4-8-20-64)73-25-13-16-61(52-73)58-34-46-70(47-35-58)76(71-48-36-59(37-49-71)62-17-14-26-74(53-62)78(65-21-9-5-10-22-65)68-42-30-56(2)31-43-68)72-50-38-60(39-51-72)63-18-15-27-75(54-63)79(66-23-11-6-12-24-66)69-44-32-57(3)33-45-69/h4-54H,1-3H3. The van der Waals surface area contributed by atoms with Gasteiger partial charge in [0.15, 0.2) is 0 Å². The highest BCUT2D eigenvalue weighted by atomic mass is 15.2. The molecule has 380 valence electrons. The molecule has 0 fully saturated rings. The molecular formula is C75H60N4. The molecule has 0 saturated carbocycles. The van der Waals surface area contributed by atoms with Gasteiger partial charge in [0.2, 0.25) is 0 Å². The SMILES string of the molecule is Cc1ccc(N(c2ccccc2)c2cccc(-c3ccc(N(c4ccc(-c5cccc(N(c6ccccc6)c6ccc(C)cc6)c5)cc4)c4ccc(-c5cccc(N(c6ccccc6)c6ccc(C)cc6)c5)cc4)cc3)c2)cc1. The van der Waals surface area contributed by atoms with Crippen molar-refractivity contribution in [1.29, 1.82) is 0 Å². The number of anilines is 12. The molecule has 0 saturated heterocycles. The first-order chi connectivity index (χ1) is 38.9. The Morgan fingerprint density at radius 1 is 0.152 bits per heavy atom. The van der Waals surface area contributed by atoms with Crippen LogP contribution in [0, 0.1) is 20.8 Å². The van der Waals surface area contributed by atoms with E-state index in [4.69, 9.17) is 0 Å². The van der Waals surface area contributed by atoms with Crippen molar-refractivity contribution in [2.75, 3.05) is 19.6 Å². The van der Waals surface area contributed by atoms with Crippen molar-refractivity contribution in [3.8, 4) is 33.4 Å². The van der Waals surface area contributed by atoms with Crippen LogP contribution in [0.15, 0.2) is 309 Å². The first kappa shape index (κ1) is 49.7. The molecule has 12 aromatic carbocycles. The van der Waals surface area contributed by atoms with Crippen LogP contribution in [0.2, 0.25) is 0 Å². The number of para-hydroxylation sites is 3. The topological polar surface area (TPSA) is 13.0 Å². The summed E-state index contributed by atoms with van der Waals surface area (Å²) in [5.41, 5.74) is 23.7. The van der Waals surface area contributed by atoms with E-state index >= 15 is 0 Å². The van der Waals surface area contributed by atoms with Gasteiger partial charge >= 0.3 is 0 Å². The van der Waals surface area contributed by atoms with E-state index in [-0.39, 0.29) is 0 Å². The minimum Gasteiger partial charge on any atom is -0.311 e. The predicted octanol–water partition coefficient (Wildman–Crippen LogP) is 21.5. The van der Waals surface area contributed by atoms with Gasteiger partial charge in [0, 0.05) is 68.2 Å². The van der Waals surface area contributed by atoms with Crippen LogP contribution in [0.1, 0.15) is 16.7 Å². The molecule has 0 radical (unpaired) electrons. The summed E-state index contributed by atoms with van der Waals surface area (Å²) in [5.74, 6) is 0. The van der Waals surface area contributed by atoms with Crippen molar-refractivity contribution < 1.29 is 0 Å². The second-order valence-electron chi connectivity index (χ2n) is 20.1. The summed E-state index contributed by atoms with van der Waals surface area (Å²) in [6.07, 6.45) is 0. The predicted molar refractivity (Wildman–Crippen MR) is 336 cm³/mol. The summed E-state index contributed by atoms with van der Waals surface area (Å²) in [4.78, 5) is 9.33. The molecule has 0 atom stereocenters. The highest BCUT2D eigenvalue weighted by Crippen LogP contribution is 2.43. The van der Waals surface area contributed by atoms with Crippen molar-refractivity contribution in [1.82, 2.24) is 0 Å². The fourth-order valence-corrected chi connectivity index (χ4v) is 10.5. The molecule has 12 aromatic rings. The van der Waals surface area contributed by atoms with Crippen LogP contribution < -0.4 is 19.6 Å². The first-order valence-corrected chi connectivity index (χ1v) is 27.1. The number of hydrogen-bond acceptors (Lipinski definition) is 4. The first-order valence-electron chi connectivity index (χ1n) is 27.1. The average Bonchev–Trinajstić information content (AvgIpc) is 3.51. The monoisotopic (exact) mass is 1020 g/mol. The van der Waals surface area contributed by atoms with Crippen molar-refractivity contribution in [2.24, 2.45) is 0 Å². The van der Waals surface area contributed by atoms with Crippen LogP contribution >= 0.6 is 0 Å². The van der Waals surface area contributed by atoms with E-state index in [1.165, 1.54) is 16.7 Å². The van der Waals surface area contributed by atoms with Gasteiger partial charge < -0.3 is 19.6 Å². The molecule has 4 nitrogen and oxygen atoms in total. The second kappa shape index (κ2) is 22.6. The van der Waals surface area contributed by atoms with Crippen LogP contribution in [-0.4, -0.2) is 0 Å². The molecule has 12 rings (SSSR count). The van der Waals surface area contributed by atoms with Gasteiger partial charge in [0.25, 0.3) is 0 Å². The summed E-state index contributed by atoms with van der Waals surface area (Å²) in [6.45, 7) is 6.39. The third-order valence-electron chi connectivity index (χ3n) is 14.6. The molecule has 0 heterocycles. The number of hydrogen-bond donors (Lipinski definition) is 0. The molecule has 0 aliphatic carbocycles. The fraction of sp³-hybridized carbons (Fsp3) is 0.0400. The number of nitrogens with zero attached hydrogens (tertiary/aromatic N) is 4. The third-order valence-corrected chi connectivity index (χ3v) is 14.6. The normalized spacial score (nSPS) is 11.0. The molecule has 0 spiro atoms. The van der Waals surface area contributed by atoms with Gasteiger partial charge in [-0.25, -0.2) is 0 Å². The van der Waals surface area contributed by atoms with Gasteiger partial charge in [-0.15, -0.1) is 0 Å². The molecule has 4 heteroatoms. The van der Waals surface area contributed by atoms with Gasteiger partial charge in [-0.1, -0.05) is 180 Å². The Bertz CT molecular complexity index is 3520. The highest BCUT2D eigenvalue weighted by Gasteiger charge is 2.19. The summed E-state index contributed by atoms with van der Waals surface area (Å²) >= 11 is 0. The lowest BCUT2D eigenvalue weighted by molar-refractivity contribution is 1.27. The molecule has 0 aliphatic heterocycles. The minimum absolute atomic E-state index is 1.06. The zero-order chi connectivity index (χ0) is 53.5. The molecule has 0 bridgehead atoms. The summed E-state index contributed by atoms with van der Waals surface area (Å²) in [7, 11) is 0. The maximum absolute atomic E-state index is 2.36. The Balaban J connectivity index is 0.897. The quantitative estimate of drug-likeness (QED) is 0.101. The lowest BCUT2D eigenvalue weighted by Gasteiger charge is -2.27. The number of aryl methyl sites for hydroxylation is 3. The fourth-order valence-electron chi connectivity index (χ4n) is 10.5. The molecular weight excluding hydrogens is 957 g/mol. The molecule has 0 aliphatic rings. The van der Waals surface area contributed by atoms with Crippen molar-refractivity contribution in [3.05, 3.63) is 326 Å². The second-order valence-corrected chi connectivity index (χ2v) is 20.1. The van der Waals surface area contributed by atoms with Gasteiger partial charge in [0.05, 0.1) is 0 Å². The number of rotatable bonds is 15. The van der Waals surface area contributed by atoms with Crippen LogP contribution in [0.4, 0.5) is 68.2 Å². The van der Waals surface area contributed by atoms with Crippen LogP contribution in [0.3, 0.4) is 0 Å². The Labute approximate surface area is 465 Å².